The summed E-state index contributed by atoms with van der Waals surface area (Å²) in [5.41, 5.74) is 6.35. The van der Waals surface area contributed by atoms with Crippen LogP contribution in [0.4, 0.5) is 10.7 Å². The molecule has 5 heteroatoms. The van der Waals surface area contributed by atoms with Crippen LogP contribution in [0.5, 0.6) is 0 Å². The monoisotopic (exact) mass is 282 g/mol. The fraction of sp³-hybridized carbons (Fsp3) is 0.643. The highest BCUT2D eigenvalue weighted by molar-refractivity contribution is 7.18. The van der Waals surface area contributed by atoms with Crippen LogP contribution in [0, 0.1) is 0 Å². The number of esters is 1. The molecule has 4 nitrogen and oxygen atoms in total. The minimum absolute atomic E-state index is 0.354. The smallest absolute Gasteiger partial charge is 0.350 e. The average Bonchev–Trinajstić information content (AvgIpc) is 2.72. The fourth-order valence-electron chi connectivity index (χ4n) is 2.53. The number of anilines is 2. The average molecular weight is 282 g/mol. The summed E-state index contributed by atoms with van der Waals surface area (Å²) in [4.78, 5) is 12.0. The van der Waals surface area contributed by atoms with Crippen molar-refractivity contribution in [1.29, 1.82) is 0 Å². The standard InChI is InChI=1S/C14H22N2O2S/c1-18-14(17)13-11(15)9-12(19-13)16-10-7-5-3-2-4-6-8-10/h9-10,16H,2-8,15H2,1H3. The molecule has 1 aromatic heterocycles. The van der Waals surface area contributed by atoms with Gasteiger partial charge in [0.05, 0.1) is 17.8 Å². The second-order valence-electron chi connectivity index (χ2n) is 5.07. The molecular weight excluding hydrogens is 260 g/mol. The molecule has 0 unspecified atom stereocenters. The van der Waals surface area contributed by atoms with Crippen molar-refractivity contribution in [3.05, 3.63) is 10.9 Å². The number of hydrogen-bond donors (Lipinski definition) is 2. The maximum Gasteiger partial charge on any atom is 0.350 e. The lowest BCUT2D eigenvalue weighted by atomic mass is 9.97. The third-order valence-electron chi connectivity index (χ3n) is 3.58. The first-order valence-electron chi connectivity index (χ1n) is 6.95. The van der Waals surface area contributed by atoms with Crippen LogP contribution >= 0.6 is 11.3 Å². The number of hydrogen-bond acceptors (Lipinski definition) is 5. The van der Waals surface area contributed by atoms with Crippen molar-refractivity contribution in [2.45, 2.75) is 51.0 Å². The van der Waals surface area contributed by atoms with Crippen LogP contribution in [-0.2, 0) is 4.74 Å². The number of nitrogens with two attached hydrogens (primary N) is 1. The van der Waals surface area contributed by atoms with Crippen molar-refractivity contribution in [3.8, 4) is 0 Å². The zero-order valence-electron chi connectivity index (χ0n) is 11.4. The molecule has 0 radical (unpaired) electrons. The molecule has 1 saturated carbocycles. The summed E-state index contributed by atoms with van der Waals surface area (Å²) in [5, 5.41) is 4.49. The summed E-state index contributed by atoms with van der Waals surface area (Å²) in [6, 6.07) is 2.35. The van der Waals surface area contributed by atoms with Gasteiger partial charge in [-0.05, 0) is 18.9 Å². The summed E-state index contributed by atoms with van der Waals surface area (Å²) >= 11 is 1.39. The zero-order valence-corrected chi connectivity index (χ0v) is 12.2. The summed E-state index contributed by atoms with van der Waals surface area (Å²) in [5.74, 6) is -0.354. The molecule has 1 aliphatic carbocycles. The first-order valence-corrected chi connectivity index (χ1v) is 7.76. The molecule has 0 aliphatic heterocycles. The Labute approximate surface area is 118 Å². The molecular formula is C14H22N2O2S. The number of methoxy groups -OCH3 is 1. The second kappa shape index (κ2) is 6.80. The number of ether oxygens (including phenoxy) is 1. The zero-order chi connectivity index (χ0) is 13.7. The molecule has 0 saturated heterocycles. The summed E-state index contributed by atoms with van der Waals surface area (Å²) in [7, 11) is 1.38. The van der Waals surface area contributed by atoms with E-state index in [0.717, 1.165) is 5.00 Å². The molecule has 106 valence electrons. The first-order chi connectivity index (χ1) is 9.20. The summed E-state index contributed by atoms with van der Waals surface area (Å²) in [6.45, 7) is 0. The van der Waals surface area contributed by atoms with E-state index in [1.165, 1.54) is 63.4 Å². The minimum Gasteiger partial charge on any atom is -0.465 e. The molecule has 19 heavy (non-hydrogen) atoms. The fourth-order valence-corrected chi connectivity index (χ4v) is 3.50. The molecule has 0 bridgehead atoms. The number of carbonyl (C=O) groups excluding carboxylic acids is 1. The third-order valence-corrected chi connectivity index (χ3v) is 4.65. The molecule has 0 atom stereocenters. The first kappa shape index (κ1) is 14.2. The Morgan fingerprint density at radius 3 is 2.58 bits per heavy atom. The third kappa shape index (κ3) is 3.86. The Bertz CT molecular complexity index is 423. The lowest BCUT2D eigenvalue weighted by molar-refractivity contribution is 0.0607. The van der Waals surface area contributed by atoms with E-state index in [2.05, 4.69) is 5.32 Å². The lowest BCUT2D eigenvalue weighted by Gasteiger charge is -2.21. The van der Waals surface area contributed by atoms with Gasteiger partial charge >= 0.3 is 5.97 Å². The van der Waals surface area contributed by atoms with Gasteiger partial charge in [0.15, 0.2) is 0 Å². The van der Waals surface area contributed by atoms with E-state index in [1.807, 2.05) is 6.07 Å². The molecule has 0 amide bonds. The Morgan fingerprint density at radius 1 is 1.32 bits per heavy atom. The van der Waals surface area contributed by atoms with E-state index in [1.54, 1.807) is 0 Å². The number of nitrogens with one attached hydrogen (secondary N) is 1. The SMILES string of the molecule is COC(=O)c1sc(NC2CCCCCCC2)cc1N. The highest BCUT2D eigenvalue weighted by Gasteiger charge is 2.17. The van der Waals surface area contributed by atoms with Gasteiger partial charge in [-0.15, -0.1) is 11.3 Å². The molecule has 2 rings (SSSR count). The number of thiophene rings is 1. The van der Waals surface area contributed by atoms with E-state index in [9.17, 15) is 4.79 Å². The maximum atomic E-state index is 11.5. The number of carbonyl (C=O) groups is 1. The van der Waals surface area contributed by atoms with Crippen LogP contribution in [0.3, 0.4) is 0 Å². The van der Waals surface area contributed by atoms with Crippen molar-refractivity contribution >= 4 is 28.0 Å². The van der Waals surface area contributed by atoms with Gasteiger partial charge in [0, 0.05) is 6.04 Å². The van der Waals surface area contributed by atoms with Gasteiger partial charge in [0.1, 0.15) is 4.88 Å². The van der Waals surface area contributed by atoms with Crippen LogP contribution in [-0.4, -0.2) is 19.1 Å². The van der Waals surface area contributed by atoms with Crippen LogP contribution < -0.4 is 11.1 Å². The van der Waals surface area contributed by atoms with Gasteiger partial charge in [0.2, 0.25) is 0 Å². The number of nitrogen functional groups attached to an aromatic ring is 1. The summed E-state index contributed by atoms with van der Waals surface area (Å²) < 4.78 is 4.72. The number of rotatable bonds is 3. The van der Waals surface area contributed by atoms with E-state index in [-0.39, 0.29) is 5.97 Å². The quantitative estimate of drug-likeness (QED) is 0.831. The van der Waals surface area contributed by atoms with Crippen LogP contribution in [0.1, 0.15) is 54.6 Å². The molecule has 3 N–H and O–H groups in total. The van der Waals surface area contributed by atoms with Crippen molar-refractivity contribution in [2.24, 2.45) is 0 Å². The molecule has 0 aromatic carbocycles. The van der Waals surface area contributed by atoms with Gasteiger partial charge < -0.3 is 15.8 Å². The van der Waals surface area contributed by atoms with Crippen molar-refractivity contribution in [2.75, 3.05) is 18.2 Å². The largest absolute Gasteiger partial charge is 0.465 e. The second-order valence-corrected chi connectivity index (χ2v) is 6.13. The maximum absolute atomic E-state index is 11.5. The minimum atomic E-state index is -0.354. The van der Waals surface area contributed by atoms with E-state index in [0.29, 0.717) is 16.6 Å². The Balaban J connectivity index is 1.99. The van der Waals surface area contributed by atoms with E-state index in [4.69, 9.17) is 10.5 Å². The predicted molar refractivity (Wildman–Crippen MR) is 79.8 cm³/mol. The van der Waals surface area contributed by atoms with Crippen LogP contribution in [0.25, 0.3) is 0 Å². The summed E-state index contributed by atoms with van der Waals surface area (Å²) in [6.07, 6.45) is 8.99. The normalized spacial score (nSPS) is 17.5. The molecule has 1 fully saturated rings. The van der Waals surface area contributed by atoms with Gasteiger partial charge in [-0.25, -0.2) is 4.79 Å². The van der Waals surface area contributed by atoms with Gasteiger partial charge in [-0.1, -0.05) is 32.1 Å². The molecule has 1 aromatic rings. The van der Waals surface area contributed by atoms with Gasteiger partial charge in [-0.3, -0.25) is 0 Å². The molecule has 1 aliphatic rings. The highest BCUT2D eigenvalue weighted by atomic mass is 32.1. The Kier molecular flexibility index (Phi) is 5.07. The lowest BCUT2D eigenvalue weighted by Crippen LogP contribution is -2.19. The van der Waals surface area contributed by atoms with Crippen LogP contribution in [0.15, 0.2) is 6.07 Å². The predicted octanol–water partition coefficient (Wildman–Crippen LogP) is 3.64. The van der Waals surface area contributed by atoms with Crippen molar-refractivity contribution in [3.63, 3.8) is 0 Å². The van der Waals surface area contributed by atoms with Crippen molar-refractivity contribution < 1.29 is 9.53 Å². The van der Waals surface area contributed by atoms with E-state index < -0.39 is 0 Å². The Morgan fingerprint density at radius 2 is 1.95 bits per heavy atom. The van der Waals surface area contributed by atoms with Gasteiger partial charge in [0.25, 0.3) is 0 Å². The highest BCUT2D eigenvalue weighted by Crippen LogP contribution is 2.31. The molecule has 0 spiro atoms. The topological polar surface area (TPSA) is 64.3 Å². The van der Waals surface area contributed by atoms with Gasteiger partial charge in [-0.2, -0.15) is 0 Å². The Hall–Kier alpha value is -1.23. The van der Waals surface area contributed by atoms with E-state index >= 15 is 0 Å². The van der Waals surface area contributed by atoms with Crippen molar-refractivity contribution in [1.82, 2.24) is 0 Å². The van der Waals surface area contributed by atoms with Crippen LogP contribution in [0.2, 0.25) is 0 Å². The molecule has 1 heterocycles.